The molecular weight excluding hydrogens is 389 g/mol. The van der Waals surface area contributed by atoms with Gasteiger partial charge in [-0.2, -0.15) is 0 Å². The van der Waals surface area contributed by atoms with Gasteiger partial charge in [-0.1, -0.05) is 6.07 Å². The lowest BCUT2D eigenvalue weighted by molar-refractivity contribution is 0.0936. The van der Waals surface area contributed by atoms with Gasteiger partial charge >= 0.3 is 0 Å². The number of halogens is 3. The number of nitrogens with two attached hydrogens (primary N) is 1. The number of H-pyrrole nitrogens is 1. The van der Waals surface area contributed by atoms with E-state index in [2.05, 4.69) is 20.0 Å². The average molecular weight is 404 g/mol. The van der Waals surface area contributed by atoms with Crippen LogP contribution >= 0.6 is 0 Å². The van der Waals surface area contributed by atoms with Crippen LogP contribution < -0.4 is 21.3 Å². The van der Waals surface area contributed by atoms with E-state index in [9.17, 15) is 22.8 Å². The average Bonchev–Trinajstić information content (AvgIpc) is 2.70. The minimum absolute atomic E-state index is 0.0839. The molecule has 10 heteroatoms. The van der Waals surface area contributed by atoms with Crippen molar-refractivity contribution in [2.24, 2.45) is 0 Å². The van der Waals surface area contributed by atoms with Crippen LogP contribution in [0.15, 0.2) is 53.5 Å². The van der Waals surface area contributed by atoms with Gasteiger partial charge < -0.3 is 20.8 Å². The van der Waals surface area contributed by atoms with E-state index in [1.807, 2.05) is 0 Å². The first-order valence-electron chi connectivity index (χ1n) is 8.29. The molecule has 1 atom stereocenters. The maximum Gasteiger partial charge on any atom is 0.271 e. The van der Waals surface area contributed by atoms with Gasteiger partial charge in [0.05, 0.1) is 11.7 Å². The minimum atomic E-state index is -1.23. The molecule has 2 aromatic heterocycles. The van der Waals surface area contributed by atoms with E-state index in [0.717, 1.165) is 18.2 Å². The molecule has 0 spiro atoms. The highest BCUT2D eigenvalue weighted by molar-refractivity contribution is 5.92. The third-order valence-electron chi connectivity index (χ3n) is 4.02. The molecule has 150 valence electrons. The summed E-state index contributed by atoms with van der Waals surface area (Å²) in [5, 5.41) is 2.50. The van der Waals surface area contributed by atoms with Crippen LogP contribution in [0.25, 0.3) is 0 Å². The van der Waals surface area contributed by atoms with E-state index in [1.165, 1.54) is 30.5 Å². The van der Waals surface area contributed by atoms with Gasteiger partial charge in [-0.05, 0) is 42.0 Å². The van der Waals surface area contributed by atoms with E-state index >= 15 is 0 Å². The van der Waals surface area contributed by atoms with Crippen molar-refractivity contribution in [2.45, 2.75) is 6.04 Å². The first kappa shape index (κ1) is 19.9. The van der Waals surface area contributed by atoms with Crippen LogP contribution in [0, 0.1) is 11.6 Å². The van der Waals surface area contributed by atoms with E-state index < -0.39 is 36.0 Å². The Hall–Kier alpha value is -3.82. The Labute approximate surface area is 162 Å². The van der Waals surface area contributed by atoms with Crippen molar-refractivity contribution in [1.82, 2.24) is 15.3 Å². The van der Waals surface area contributed by atoms with Crippen molar-refractivity contribution in [3.63, 3.8) is 0 Å². The van der Waals surface area contributed by atoms with E-state index in [0.29, 0.717) is 0 Å². The number of rotatable bonds is 6. The van der Waals surface area contributed by atoms with Gasteiger partial charge in [-0.25, -0.2) is 13.2 Å². The number of aromatic nitrogens is 2. The number of anilines is 1. The number of nitrogen functional groups attached to an aromatic ring is 1. The Morgan fingerprint density at radius 3 is 2.66 bits per heavy atom. The Balaban J connectivity index is 2.01. The molecule has 1 aromatic carbocycles. The summed E-state index contributed by atoms with van der Waals surface area (Å²) in [6, 6.07) is 7.24. The van der Waals surface area contributed by atoms with Crippen molar-refractivity contribution in [3.8, 4) is 5.75 Å². The van der Waals surface area contributed by atoms with Crippen LogP contribution in [0.5, 0.6) is 5.75 Å². The van der Waals surface area contributed by atoms with Crippen molar-refractivity contribution >= 4 is 11.6 Å². The van der Waals surface area contributed by atoms with Crippen LogP contribution in [-0.2, 0) is 0 Å². The lowest BCUT2D eigenvalue weighted by Crippen LogP contribution is -2.32. The standard InChI is InChI=1S/C19H15F3N4O3/c20-9-29-15-6-3-10(8-12(15)22)16(17-11(21)2-1-7-24-17)26-19(28)14-5-4-13(23)18(27)25-14/h1-8,16H,9,23H2,(H,25,27)(H,26,28)/t16-/m0/s1. The number of hydrogen-bond acceptors (Lipinski definition) is 5. The summed E-state index contributed by atoms with van der Waals surface area (Å²) >= 11 is 0. The Morgan fingerprint density at radius 1 is 1.21 bits per heavy atom. The maximum atomic E-state index is 14.3. The fourth-order valence-electron chi connectivity index (χ4n) is 2.62. The Bertz CT molecular complexity index is 1100. The number of carbonyl (C=O) groups excluding carboxylic acids is 1. The van der Waals surface area contributed by atoms with Crippen molar-refractivity contribution in [1.29, 1.82) is 0 Å². The number of alkyl halides is 1. The summed E-state index contributed by atoms with van der Waals surface area (Å²) in [5.41, 5.74) is 4.48. The molecule has 0 radical (unpaired) electrons. The predicted molar refractivity (Wildman–Crippen MR) is 98.0 cm³/mol. The normalized spacial score (nSPS) is 11.7. The predicted octanol–water partition coefficient (Wildman–Crippen LogP) is 2.46. The molecule has 0 fully saturated rings. The Morgan fingerprint density at radius 2 is 2.00 bits per heavy atom. The number of benzene rings is 1. The van der Waals surface area contributed by atoms with Crippen LogP contribution in [0.4, 0.5) is 18.9 Å². The molecule has 0 bridgehead atoms. The smallest absolute Gasteiger partial charge is 0.271 e. The quantitative estimate of drug-likeness (QED) is 0.585. The first-order chi connectivity index (χ1) is 13.9. The number of nitrogens with zero attached hydrogens (tertiary/aromatic N) is 1. The van der Waals surface area contributed by atoms with Crippen molar-refractivity contribution in [3.05, 3.63) is 87.6 Å². The molecule has 0 aliphatic heterocycles. The molecule has 0 aliphatic rings. The van der Waals surface area contributed by atoms with Crippen molar-refractivity contribution < 1.29 is 22.7 Å². The molecule has 3 aromatic rings. The molecule has 29 heavy (non-hydrogen) atoms. The minimum Gasteiger partial charge on any atom is -0.460 e. The summed E-state index contributed by atoms with van der Waals surface area (Å²) in [7, 11) is 0. The molecule has 1 amide bonds. The molecule has 0 unspecified atom stereocenters. The van der Waals surface area contributed by atoms with Crippen LogP contribution in [0.1, 0.15) is 27.8 Å². The van der Waals surface area contributed by atoms with Gasteiger partial charge in [-0.15, -0.1) is 0 Å². The molecule has 0 aliphatic carbocycles. The molecule has 3 rings (SSSR count). The zero-order valence-corrected chi connectivity index (χ0v) is 14.8. The van der Waals surface area contributed by atoms with Gasteiger partial charge in [0.1, 0.15) is 17.2 Å². The molecule has 2 heterocycles. The third kappa shape index (κ3) is 4.37. The second kappa shape index (κ2) is 8.46. The molecule has 0 saturated heterocycles. The van der Waals surface area contributed by atoms with E-state index in [4.69, 9.17) is 5.73 Å². The molecular formula is C19H15F3N4O3. The van der Waals surface area contributed by atoms with E-state index in [1.54, 1.807) is 0 Å². The summed E-state index contributed by atoms with van der Waals surface area (Å²) in [4.78, 5) is 30.5. The van der Waals surface area contributed by atoms with Gasteiger partial charge in [0.25, 0.3) is 11.5 Å². The summed E-state index contributed by atoms with van der Waals surface area (Å²) in [5.74, 6) is -2.77. The number of hydrogen-bond donors (Lipinski definition) is 3. The number of amides is 1. The maximum absolute atomic E-state index is 14.3. The largest absolute Gasteiger partial charge is 0.460 e. The van der Waals surface area contributed by atoms with Crippen LogP contribution in [-0.4, -0.2) is 22.7 Å². The third-order valence-corrected chi connectivity index (χ3v) is 4.02. The molecule has 7 nitrogen and oxygen atoms in total. The Kier molecular flexibility index (Phi) is 5.82. The summed E-state index contributed by atoms with van der Waals surface area (Å²) in [6.07, 6.45) is 1.31. The van der Waals surface area contributed by atoms with Crippen LogP contribution in [0.2, 0.25) is 0 Å². The molecule has 0 saturated carbocycles. The number of nitrogens with one attached hydrogen (secondary N) is 2. The first-order valence-corrected chi connectivity index (χ1v) is 8.29. The van der Waals surface area contributed by atoms with Crippen molar-refractivity contribution in [2.75, 3.05) is 12.6 Å². The number of aromatic amines is 1. The lowest BCUT2D eigenvalue weighted by atomic mass is 10.0. The van der Waals surface area contributed by atoms with Gasteiger partial charge in [0.15, 0.2) is 11.6 Å². The second-order valence-electron chi connectivity index (χ2n) is 5.88. The summed E-state index contributed by atoms with van der Waals surface area (Å²) < 4.78 is 45.3. The molecule has 4 N–H and O–H groups in total. The zero-order valence-electron chi connectivity index (χ0n) is 14.8. The fraction of sp³-hybridized carbons (Fsp3) is 0.105. The van der Waals surface area contributed by atoms with Gasteiger partial charge in [0.2, 0.25) is 6.86 Å². The summed E-state index contributed by atoms with van der Waals surface area (Å²) in [6.45, 7) is -1.23. The zero-order chi connectivity index (χ0) is 21.0. The SMILES string of the molecule is Nc1ccc(C(=O)N[C@@H](c2ccc(OCF)c(F)c2)c2ncccc2F)[nH]c1=O. The number of ether oxygens (including phenoxy) is 1. The topological polar surface area (TPSA) is 110 Å². The number of pyridine rings is 2. The van der Waals surface area contributed by atoms with E-state index in [-0.39, 0.29) is 28.4 Å². The lowest BCUT2D eigenvalue weighted by Gasteiger charge is -2.20. The highest BCUT2D eigenvalue weighted by Crippen LogP contribution is 2.27. The van der Waals surface area contributed by atoms with Gasteiger partial charge in [-0.3, -0.25) is 14.6 Å². The highest BCUT2D eigenvalue weighted by Gasteiger charge is 2.24. The van der Waals surface area contributed by atoms with Gasteiger partial charge in [0, 0.05) is 6.20 Å². The van der Waals surface area contributed by atoms with Crippen LogP contribution in [0.3, 0.4) is 0 Å². The monoisotopic (exact) mass is 404 g/mol. The second-order valence-corrected chi connectivity index (χ2v) is 5.88. The fourth-order valence-corrected chi connectivity index (χ4v) is 2.62. The highest BCUT2D eigenvalue weighted by atomic mass is 19.1. The number of carbonyl (C=O) groups is 1.